The van der Waals surface area contributed by atoms with E-state index in [0.717, 1.165) is 81.1 Å². The highest BCUT2D eigenvalue weighted by molar-refractivity contribution is 6.44. The topological polar surface area (TPSA) is 149 Å². The first-order valence-electron chi connectivity index (χ1n) is 22.3. The number of rotatable bonds is 9. The summed E-state index contributed by atoms with van der Waals surface area (Å²) in [5.41, 5.74) is 10.2. The molecule has 3 fully saturated rings. The van der Waals surface area contributed by atoms with Crippen molar-refractivity contribution >= 4 is 70.6 Å². The molecule has 3 saturated heterocycles. The largest absolute Gasteiger partial charge is 0.331 e. The van der Waals surface area contributed by atoms with Gasteiger partial charge in [0.25, 0.3) is 0 Å². The van der Waals surface area contributed by atoms with Gasteiger partial charge in [-0.1, -0.05) is 85.0 Å². The molecule has 13 nitrogen and oxygen atoms in total. The minimum atomic E-state index is -0.274. The van der Waals surface area contributed by atoms with Crippen molar-refractivity contribution in [1.29, 1.82) is 0 Å². The Kier molecular flexibility index (Phi) is 27.1. The van der Waals surface area contributed by atoms with E-state index in [1.807, 2.05) is 57.0 Å². The van der Waals surface area contributed by atoms with E-state index in [1.54, 1.807) is 37.2 Å². The summed E-state index contributed by atoms with van der Waals surface area (Å²) in [7, 11) is 6.36. The van der Waals surface area contributed by atoms with E-state index in [-0.39, 0.29) is 44.0 Å². The van der Waals surface area contributed by atoms with Gasteiger partial charge in [0.1, 0.15) is 5.78 Å². The van der Waals surface area contributed by atoms with Gasteiger partial charge in [-0.3, -0.25) is 24.7 Å². The zero-order valence-corrected chi connectivity index (χ0v) is 42.7. The number of amides is 2. The van der Waals surface area contributed by atoms with Crippen LogP contribution in [0.5, 0.6) is 0 Å². The second-order valence-corrected chi connectivity index (χ2v) is 18.1. The third-order valence-corrected chi connectivity index (χ3v) is 13.5. The average molecular weight is 1010 g/mol. The quantitative estimate of drug-likeness (QED) is 0.147. The minimum Gasteiger partial charge on any atom is -0.331 e. The van der Waals surface area contributed by atoms with Crippen molar-refractivity contribution in [3.63, 3.8) is 0 Å². The lowest BCUT2D eigenvalue weighted by Crippen LogP contribution is -2.50. The summed E-state index contributed by atoms with van der Waals surface area (Å²) in [5.74, 6) is 0.420. The summed E-state index contributed by atoms with van der Waals surface area (Å²) in [5, 5.41) is 8.33. The number of ketones is 1. The maximum Gasteiger partial charge on any atom is 0.318 e. The minimum absolute atomic E-state index is 0. The third kappa shape index (κ3) is 18.0. The van der Waals surface area contributed by atoms with Crippen LogP contribution in [-0.4, -0.2) is 137 Å². The fraction of sp³-hybridized carbons (Fsp3) is 0.542. The number of nitrogens with zero attached hydrogens (tertiary/aromatic N) is 8. The van der Waals surface area contributed by atoms with Gasteiger partial charge in [0.2, 0.25) is 0 Å². The molecule has 7 rings (SSSR count). The number of likely N-dealkylation sites (tertiary alicyclic amines) is 3. The lowest BCUT2D eigenvalue weighted by molar-refractivity contribution is -0.121. The molecule has 0 radical (unpaired) electrons. The molecule has 4 aromatic rings. The van der Waals surface area contributed by atoms with Gasteiger partial charge >= 0.3 is 6.03 Å². The SMILES string of the molecule is C.CC(N)c1ccc(-c2cnccn2)c(Cl)c1Cl.CCN(C(=O)NC(C)c1ccc(-c2cnccn2)c(Cl)c1Cl)C1CCN(C)CC1.CCNC1CCN(C)CC1.CN1CCC(=O)CC1.Cl. The molecule has 66 heavy (non-hydrogen) atoms. The lowest BCUT2D eigenvalue weighted by atomic mass is 10.0. The highest BCUT2D eigenvalue weighted by atomic mass is 35.5. The summed E-state index contributed by atoms with van der Waals surface area (Å²) in [6.07, 6.45) is 15.9. The predicted molar refractivity (Wildman–Crippen MR) is 277 cm³/mol. The molecule has 18 heteroatoms. The second kappa shape index (κ2) is 30.3. The number of carbonyl (C=O) groups excluding carboxylic acids is 2. The number of benzene rings is 2. The van der Waals surface area contributed by atoms with Gasteiger partial charge in [0.15, 0.2) is 0 Å². The van der Waals surface area contributed by atoms with E-state index in [1.165, 1.54) is 25.9 Å². The number of hydrogen-bond donors (Lipinski definition) is 3. The fourth-order valence-corrected chi connectivity index (χ4v) is 8.88. The molecule has 2 unspecified atom stereocenters. The van der Waals surface area contributed by atoms with Crippen LogP contribution in [0, 0.1) is 0 Å². The first-order valence-corrected chi connectivity index (χ1v) is 23.8. The summed E-state index contributed by atoms with van der Waals surface area (Å²) >= 11 is 25.5. The molecule has 2 amide bonds. The van der Waals surface area contributed by atoms with Gasteiger partial charge in [-0.25, -0.2) is 4.79 Å². The molecular weight excluding hydrogens is 940 g/mol. The Labute approximate surface area is 420 Å². The van der Waals surface area contributed by atoms with Crippen LogP contribution < -0.4 is 16.4 Å². The summed E-state index contributed by atoms with van der Waals surface area (Å²) < 4.78 is 0. The normalized spacial score (nSPS) is 16.9. The lowest BCUT2D eigenvalue weighted by Gasteiger charge is -2.37. The van der Waals surface area contributed by atoms with Gasteiger partial charge in [0.05, 0.1) is 49.9 Å². The van der Waals surface area contributed by atoms with Crippen molar-refractivity contribution < 1.29 is 9.59 Å². The van der Waals surface area contributed by atoms with Crippen molar-refractivity contribution in [2.24, 2.45) is 5.73 Å². The smallest absolute Gasteiger partial charge is 0.318 e. The Morgan fingerprint density at radius 2 is 1.18 bits per heavy atom. The van der Waals surface area contributed by atoms with Gasteiger partial charge < -0.3 is 36.0 Å². The molecule has 0 bridgehead atoms. The number of nitrogens with one attached hydrogen (secondary N) is 2. The third-order valence-electron chi connectivity index (χ3n) is 11.7. The van der Waals surface area contributed by atoms with Crippen LogP contribution in [0.3, 0.4) is 0 Å². The average Bonchev–Trinajstić information content (AvgIpc) is 3.29. The highest BCUT2D eigenvalue weighted by Gasteiger charge is 2.27. The standard InChI is InChI=1S/C21H27Cl2N5O.C12H11Cl2N3.C8H18N2.C6H11NO.CH4.ClH/c1-4-28(15-7-11-27(3)12-8-15)21(29)26-14(2)16-5-6-17(20(23)19(16)22)18-13-24-9-10-25-18;1-7(15)8-2-3-9(12(14)11(8)13)10-6-16-4-5-17-10;1-3-9-8-4-6-10(2)7-5-8;1-7-4-2-6(8)3-5-7;;/h5-6,9-10,13-15H,4,7-8,11-12H2,1-3H3,(H,26,29);2-7H,15H2,1H3;8-9H,3-7H2,1-2H3;2-5H2,1H3;1H4;1H. The molecule has 3 aliphatic rings. The number of aromatic nitrogens is 4. The summed E-state index contributed by atoms with van der Waals surface area (Å²) in [6, 6.07) is 8.03. The molecule has 2 atom stereocenters. The molecule has 366 valence electrons. The molecule has 0 saturated carbocycles. The molecule has 0 aliphatic carbocycles. The highest BCUT2D eigenvalue weighted by Crippen LogP contribution is 2.38. The predicted octanol–water partition coefficient (Wildman–Crippen LogP) is 10.1. The molecule has 4 N–H and O–H groups in total. The first-order chi connectivity index (χ1) is 30.6. The Balaban J connectivity index is 0.000000340. The maximum atomic E-state index is 12.9. The zero-order valence-electron chi connectivity index (χ0n) is 38.9. The van der Waals surface area contributed by atoms with Crippen molar-refractivity contribution in [2.45, 2.75) is 97.8 Å². The number of Topliss-reactive ketones (excluding diaryl/α,β-unsaturated/α-hetero) is 1. The summed E-state index contributed by atoms with van der Waals surface area (Å²) in [6.45, 7) is 16.2. The van der Waals surface area contributed by atoms with Crippen molar-refractivity contribution in [1.82, 2.24) is 50.2 Å². The van der Waals surface area contributed by atoms with Gasteiger partial charge in [-0.05, 0) is 111 Å². The fourth-order valence-electron chi connectivity index (χ4n) is 7.68. The van der Waals surface area contributed by atoms with Crippen LogP contribution in [0.2, 0.25) is 20.1 Å². The van der Waals surface area contributed by atoms with Gasteiger partial charge in [0, 0.05) is 86.5 Å². The van der Waals surface area contributed by atoms with Crippen molar-refractivity contribution in [2.75, 3.05) is 73.5 Å². The number of hydrogen-bond acceptors (Lipinski definition) is 11. The van der Waals surface area contributed by atoms with Crippen LogP contribution in [0.15, 0.2) is 61.4 Å². The molecule has 2 aromatic carbocycles. The number of nitrogens with two attached hydrogens (primary N) is 1. The summed E-state index contributed by atoms with van der Waals surface area (Å²) in [4.78, 5) is 48.9. The molecule has 3 aliphatic heterocycles. The first kappa shape index (κ1) is 58.9. The molecule has 5 heterocycles. The maximum absolute atomic E-state index is 12.9. The van der Waals surface area contributed by atoms with Crippen LogP contribution >= 0.6 is 58.8 Å². The second-order valence-electron chi connectivity index (χ2n) is 16.6. The number of carbonyl (C=O) groups is 2. The van der Waals surface area contributed by atoms with E-state index in [2.05, 4.69) is 66.3 Å². The van der Waals surface area contributed by atoms with E-state index in [9.17, 15) is 9.59 Å². The number of urea groups is 1. The van der Waals surface area contributed by atoms with E-state index in [4.69, 9.17) is 52.1 Å². The van der Waals surface area contributed by atoms with Crippen LogP contribution in [0.4, 0.5) is 4.79 Å². The Hall–Kier alpha value is -3.21. The monoisotopic (exact) mass is 1010 g/mol. The number of halogens is 5. The van der Waals surface area contributed by atoms with Crippen LogP contribution in [0.25, 0.3) is 22.5 Å². The van der Waals surface area contributed by atoms with Crippen LogP contribution in [-0.2, 0) is 4.79 Å². The van der Waals surface area contributed by atoms with E-state index < -0.39 is 0 Å². The van der Waals surface area contributed by atoms with Gasteiger partial charge in [-0.2, -0.15) is 0 Å². The molecule has 0 spiro atoms. The molecular formula is C48H72Cl5N11O2. The van der Waals surface area contributed by atoms with Crippen LogP contribution in [0.1, 0.15) is 96.9 Å². The number of piperidine rings is 3. The van der Waals surface area contributed by atoms with E-state index in [0.29, 0.717) is 49.4 Å². The Morgan fingerprint density at radius 3 is 1.61 bits per heavy atom. The van der Waals surface area contributed by atoms with E-state index >= 15 is 0 Å². The zero-order chi connectivity index (χ0) is 46.8. The molecule has 2 aromatic heterocycles. The Bertz CT molecular complexity index is 2030. The van der Waals surface area contributed by atoms with Gasteiger partial charge in [-0.15, -0.1) is 12.4 Å². The Morgan fingerprint density at radius 1 is 0.727 bits per heavy atom. The van der Waals surface area contributed by atoms with Crippen molar-refractivity contribution in [3.05, 3.63) is 92.7 Å². The van der Waals surface area contributed by atoms with Crippen molar-refractivity contribution in [3.8, 4) is 22.5 Å².